The molecule has 0 saturated carbocycles. The molecular formula is C21H20N3O5+. The van der Waals surface area contributed by atoms with Gasteiger partial charge in [0.05, 0.1) is 14.2 Å². The summed E-state index contributed by atoms with van der Waals surface area (Å²) < 4.78 is 12.5. The van der Waals surface area contributed by atoms with Crippen LogP contribution in [0, 0.1) is 6.92 Å². The highest BCUT2D eigenvalue weighted by molar-refractivity contribution is 6.11. The van der Waals surface area contributed by atoms with E-state index in [1.165, 1.54) is 18.9 Å². The van der Waals surface area contributed by atoms with Crippen LogP contribution in [-0.2, 0) is 19.1 Å². The lowest BCUT2D eigenvalue weighted by molar-refractivity contribution is -0.583. The molecule has 0 spiro atoms. The van der Waals surface area contributed by atoms with Crippen LogP contribution in [0.1, 0.15) is 11.3 Å². The fourth-order valence-electron chi connectivity index (χ4n) is 2.87. The van der Waals surface area contributed by atoms with Gasteiger partial charge in [-0.3, -0.25) is 0 Å². The predicted molar refractivity (Wildman–Crippen MR) is 104 cm³/mol. The van der Waals surface area contributed by atoms with Gasteiger partial charge < -0.3 is 14.6 Å². The van der Waals surface area contributed by atoms with Crippen LogP contribution >= 0.6 is 0 Å². The number of pyridine rings is 1. The number of methoxy groups -OCH3 is 2. The van der Waals surface area contributed by atoms with Crippen LogP contribution in [0.25, 0.3) is 17.0 Å². The Balaban J connectivity index is 2.38. The van der Waals surface area contributed by atoms with Gasteiger partial charge in [-0.2, -0.15) is 0 Å². The number of aromatic nitrogens is 3. The minimum absolute atomic E-state index is 0.00495. The molecule has 2 heterocycles. The van der Waals surface area contributed by atoms with E-state index >= 15 is 0 Å². The van der Waals surface area contributed by atoms with Crippen molar-refractivity contribution in [2.45, 2.75) is 6.92 Å². The van der Waals surface area contributed by atoms with Gasteiger partial charge in [0, 0.05) is 18.6 Å². The van der Waals surface area contributed by atoms with Crippen molar-refractivity contribution in [1.82, 2.24) is 9.90 Å². The second-order valence-corrected chi connectivity index (χ2v) is 6.05. The van der Waals surface area contributed by atoms with Crippen molar-refractivity contribution < 1.29 is 28.7 Å². The molecule has 0 radical (unpaired) electrons. The van der Waals surface area contributed by atoms with E-state index in [1.807, 2.05) is 12.1 Å². The summed E-state index contributed by atoms with van der Waals surface area (Å²) >= 11 is 0. The Morgan fingerprint density at radius 1 is 1.07 bits per heavy atom. The molecule has 0 unspecified atom stereocenters. The van der Waals surface area contributed by atoms with Crippen molar-refractivity contribution in [3.05, 3.63) is 77.6 Å². The van der Waals surface area contributed by atoms with Crippen LogP contribution in [-0.4, -0.2) is 41.2 Å². The van der Waals surface area contributed by atoms with Crippen molar-refractivity contribution in [3.8, 4) is 0 Å². The van der Waals surface area contributed by atoms with Gasteiger partial charge >= 0.3 is 11.9 Å². The van der Waals surface area contributed by atoms with Crippen LogP contribution in [0.4, 0.5) is 0 Å². The molecule has 3 rings (SSSR count). The smallest absolute Gasteiger partial charge is 0.342 e. The summed E-state index contributed by atoms with van der Waals surface area (Å²) in [6.45, 7) is 1.79. The lowest BCUT2D eigenvalue weighted by atomic mass is 10.1. The summed E-state index contributed by atoms with van der Waals surface area (Å²) in [4.78, 5) is 24.5. The molecule has 0 fully saturated rings. The van der Waals surface area contributed by atoms with Crippen LogP contribution in [0.15, 0.2) is 66.4 Å². The largest absolute Gasteiger partial charge is 0.503 e. The van der Waals surface area contributed by atoms with Gasteiger partial charge in [-0.05, 0) is 12.1 Å². The molecule has 8 nitrogen and oxygen atoms in total. The highest BCUT2D eigenvalue weighted by atomic mass is 16.5. The molecule has 0 amide bonds. The third-order valence-corrected chi connectivity index (χ3v) is 4.32. The minimum atomic E-state index is -0.822. The Morgan fingerprint density at radius 3 is 2.38 bits per heavy atom. The van der Waals surface area contributed by atoms with Crippen LogP contribution < -0.4 is 4.52 Å². The normalized spacial score (nSPS) is 12.4. The van der Waals surface area contributed by atoms with Gasteiger partial charge in [0.15, 0.2) is 17.0 Å². The molecule has 0 aliphatic rings. The van der Waals surface area contributed by atoms with Crippen molar-refractivity contribution >= 4 is 28.9 Å². The molecular weight excluding hydrogens is 374 g/mol. The number of benzene rings is 1. The Morgan fingerprint density at radius 2 is 1.76 bits per heavy atom. The standard InChI is InChI=1S/C21H19N3O5/c1-14-17-11-7-8-12-23(17)22-24(14)19(20(26)15-9-5-4-6-10-15)16(21(27)29-3)13-18(25)28-2/h4-13H,1-3H3/p+1. The number of hydrogen-bond donors (Lipinski definition) is 1. The van der Waals surface area contributed by atoms with E-state index in [-0.39, 0.29) is 17.0 Å². The van der Waals surface area contributed by atoms with E-state index in [4.69, 9.17) is 4.74 Å². The molecule has 0 atom stereocenters. The highest BCUT2D eigenvalue weighted by Crippen LogP contribution is 2.28. The number of aryl methyl sites for hydroxylation is 1. The first kappa shape index (κ1) is 19.8. The Bertz CT molecular complexity index is 1130. The minimum Gasteiger partial charge on any atom is -0.503 e. The van der Waals surface area contributed by atoms with Crippen LogP contribution in [0.2, 0.25) is 0 Å². The van der Waals surface area contributed by atoms with E-state index in [1.54, 1.807) is 54.0 Å². The molecule has 1 N–H and O–H groups in total. The Kier molecular flexibility index (Phi) is 5.73. The maximum absolute atomic E-state index is 12.5. The third-order valence-electron chi connectivity index (χ3n) is 4.32. The number of hydrogen-bond acceptors (Lipinski definition) is 6. The lowest BCUT2D eigenvalue weighted by Crippen LogP contribution is -2.25. The summed E-state index contributed by atoms with van der Waals surface area (Å²) in [5.74, 6) is -1.84. The molecule has 0 aliphatic heterocycles. The number of carbonyl (C=O) groups is 2. The topological polar surface area (TPSA) is 94.8 Å². The van der Waals surface area contributed by atoms with Gasteiger partial charge in [-0.1, -0.05) is 41.1 Å². The van der Waals surface area contributed by atoms with Gasteiger partial charge in [0.1, 0.15) is 17.0 Å². The van der Waals surface area contributed by atoms with E-state index in [9.17, 15) is 14.7 Å². The van der Waals surface area contributed by atoms with Crippen molar-refractivity contribution in [3.63, 3.8) is 0 Å². The van der Waals surface area contributed by atoms with E-state index in [0.717, 1.165) is 11.6 Å². The quantitative estimate of drug-likeness (QED) is 0.234. The monoisotopic (exact) mass is 394 g/mol. The first-order chi connectivity index (χ1) is 14.0. The first-order valence-corrected chi connectivity index (χ1v) is 8.71. The van der Waals surface area contributed by atoms with Crippen molar-refractivity contribution in [2.24, 2.45) is 0 Å². The fraction of sp³-hybridized carbons (Fsp3) is 0.143. The Labute approximate surface area is 166 Å². The molecule has 1 aromatic carbocycles. The zero-order valence-electron chi connectivity index (χ0n) is 16.2. The van der Waals surface area contributed by atoms with Gasteiger partial charge in [0.25, 0.3) is 0 Å². The van der Waals surface area contributed by atoms with Gasteiger partial charge in [-0.15, -0.1) is 4.52 Å². The molecule has 0 bridgehead atoms. The number of aliphatic hydroxyl groups excluding tert-OH is 1. The number of esters is 2. The maximum Gasteiger partial charge on any atom is 0.342 e. The number of rotatable bonds is 5. The number of carbonyl (C=O) groups excluding carboxylic acids is 2. The second-order valence-electron chi connectivity index (χ2n) is 6.05. The Hall–Kier alpha value is -3.94. The zero-order chi connectivity index (χ0) is 21.0. The molecule has 3 aromatic rings. The average molecular weight is 394 g/mol. The molecule has 29 heavy (non-hydrogen) atoms. The summed E-state index contributed by atoms with van der Waals surface area (Å²) in [5, 5.41) is 15.5. The summed E-state index contributed by atoms with van der Waals surface area (Å²) in [5.41, 5.74) is 1.63. The molecule has 148 valence electrons. The second kappa shape index (κ2) is 8.39. The molecule has 2 aromatic heterocycles. The molecule has 8 heteroatoms. The summed E-state index contributed by atoms with van der Waals surface area (Å²) in [6.07, 6.45) is 2.70. The van der Waals surface area contributed by atoms with Crippen LogP contribution in [0.5, 0.6) is 0 Å². The number of nitrogens with zero attached hydrogens (tertiary/aromatic N) is 3. The van der Waals surface area contributed by atoms with E-state index in [2.05, 4.69) is 9.95 Å². The third kappa shape index (κ3) is 3.86. The van der Waals surface area contributed by atoms with E-state index in [0.29, 0.717) is 11.3 Å². The van der Waals surface area contributed by atoms with Crippen LogP contribution in [0.3, 0.4) is 0 Å². The van der Waals surface area contributed by atoms with Gasteiger partial charge in [0.2, 0.25) is 5.70 Å². The molecule has 0 saturated heterocycles. The van der Waals surface area contributed by atoms with E-state index < -0.39 is 11.9 Å². The van der Waals surface area contributed by atoms with Crippen molar-refractivity contribution in [2.75, 3.05) is 14.2 Å². The zero-order valence-corrected chi connectivity index (χ0v) is 16.2. The summed E-state index contributed by atoms with van der Waals surface area (Å²) in [6, 6.07) is 14.1. The van der Waals surface area contributed by atoms with Gasteiger partial charge in [-0.25, -0.2) is 9.59 Å². The first-order valence-electron chi connectivity index (χ1n) is 8.71. The van der Waals surface area contributed by atoms with Crippen molar-refractivity contribution in [1.29, 1.82) is 0 Å². The predicted octanol–water partition coefficient (Wildman–Crippen LogP) is 2.09. The maximum atomic E-state index is 12.5. The lowest BCUT2D eigenvalue weighted by Gasteiger charge is -2.10. The number of fused-ring (bicyclic) bond motifs is 1. The summed E-state index contributed by atoms with van der Waals surface area (Å²) in [7, 11) is 2.38. The highest BCUT2D eigenvalue weighted by Gasteiger charge is 2.32. The molecule has 0 aliphatic carbocycles. The fourth-order valence-corrected chi connectivity index (χ4v) is 2.87. The SMILES string of the molecule is COC(=O)/C=C(C(=O)OC)\C(=C(\O)c1ccccc1)n1n[n+]2ccccc2c1C. The number of aliphatic hydroxyl groups is 1. The number of ether oxygens (including phenoxy) is 2. The average Bonchev–Trinajstić information content (AvgIpc) is 3.09.